The van der Waals surface area contributed by atoms with Crippen molar-refractivity contribution in [1.82, 2.24) is 5.32 Å². The third-order valence-corrected chi connectivity index (χ3v) is 3.65. The molecule has 0 aromatic carbocycles. The first-order valence-corrected chi connectivity index (χ1v) is 6.43. The monoisotopic (exact) mass is 239 g/mol. The molecule has 0 saturated carbocycles. The SMILES string of the molecule is CC1(C)CC(NC(=O)c2cccs2)CCO1. The maximum absolute atomic E-state index is 11.8. The molecule has 3 nitrogen and oxygen atoms in total. The molecule has 0 radical (unpaired) electrons. The summed E-state index contributed by atoms with van der Waals surface area (Å²) in [5, 5.41) is 4.99. The predicted molar refractivity (Wildman–Crippen MR) is 64.8 cm³/mol. The van der Waals surface area contributed by atoms with Crippen molar-refractivity contribution in [1.29, 1.82) is 0 Å². The van der Waals surface area contributed by atoms with Gasteiger partial charge in [-0.25, -0.2) is 0 Å². The Hall–Kier alpha value is -0.870. The van der Waals surface area contributed by atoms with Crippen LogP contribution in [0.4, 0.5) is 0 Å². The second kappa shape index (κ2) is 4.55. The molecular formula is C12H17NO2S. The number of hydrogen-bond donors (Lipinski definition) is 1. The van der Waals surface area contributed by atoms with Crippen LogP contribution < -0.4 is 5.32 Å². The zero-order valence-electron chi connectivity index (χ0n) is 9.66. The van der Waals surface area contributed by atoms with Gasteiger partial charge in [0, 0.05) is 12.6 Å². The van der Waals surface area contributed by atoms with Gasteiger partial charge in [-0.1, -0.05) is 6.07 Å². The Morgan fingerprint density at radius 1 is 1.62 bits per heavy atom. The van der Waals surface area contributed by atoms with E-state index in [1.54, 1.807) is 0 Å². The standard InChI is InChI=1S/C12H17NO2S/c1-12(2)8-9(5-6-15-12)13-11(14)10-4-3-7-16-10/h3-4,7,9H,5-6,8H2,1-2H3,(H,13,14). The summed E-state index contributed by atoms with van der Waals surface area (Å²) in [6.45, 7) is 4.86. The molecule has 88 valence electrons. The maximum atomic E-state index is 11.8. The molecule has 2 heterocycles. The largest absolute Gasteiger partial charge is 0.375 e. The van der Waals surface area contributed by atoms with E-state index >= 15 is 0 Å². The number of carbonyl (C=O) groups excluding carboxylic acids is 1. The fourth-order valence-corrected chi connectivity index (χ4v) is 2.65. The number of amides is 1. The first kappa shape index (κ1) is 11.6. The molecule has 1 aromatic rings. The second-order valence-electron chi connectivity index (χ2n) is 4.75. The van der Waals surface area contributed by atoms with E-state index in [1.165, 1.54) is 11.3 Å². The molecule has 1 amide bonds. The van der Waals surface area contributed by atoms with Gasteiger partial charge in [0.2, 0.25) is 0 Å². The molecule has 1 unspecified atom stereocenters. The van der Waals surface area contributed by atoms with Gasteiger partial charge in [-0.3, -0.25) is 4.79 Å². The maximum Gasteiger partial charge on any atom is 0.261 e. The summed E-state index contributed by atoms with van der Waals surface area (Å²) in [6, 6.07) is 3.98. The summed E-state index contributed by atoms with van der Waals surface area (Å²) in [7, 11) is 0. The summed E-state index contributed by atoms with van der Waals surface area (Å²) in [5.41, 5.74) is -0.119. The highest BCUT2D eigenvalue weighted by Gasteiger charge is 2.29. The third-order valence-electron chi connectivity index (χ3n) is 2.78. The summed E-state index contributed by atoms with van der Waals surface area (Å²) < 4.78 is 5.62. The molecule has 0 spiro atoms. The van der Waals surface area contributed by atoms with Crippen LogP contribution in [-0.4, -0.2) is 24.2 Å². The lowest BCUT2D eigenvalue weighted by Crippen LogP contribution is -2.45. The fourth-order valence-electron chi connectivity index (χ4n) is 2.02. The molecule has 1 saturated heterocycles. The van der Waals surface area contributed by atoms with Crippen LogP contribution in [0.15, 0.2) is 17.5 Å². The number of hydrogen-bond acceptors (Lipinski definition) is 3. The minimum Gasteiger partial charge on any atom is -0.375 e. The Bertz CT molecular complexity index is 359. The smallest absolute Gasteiger partial charge is 0.261 e. The van der Waals surface area contributed by atoms with E-state index in [0.717, 1.165) is 24.3 Å². The van der Waals surface area contributed by atoms with Gasteiger partial charge in [0.25, 0.3) is 5.91 Å². The van der Waals surface area contributed by atoms with Gasteiger partial charge in [0.1, 0.15) is 0 Å². The lowest BCUT2D eigenvalue weighted by molar-refractivity contribution is -0.0615. The van der Waals surface area contributed by atoms with Crippen molar-refractivity contribution in [2.24, 2.45) is 0 Å². The van der Waals surface area contributed by atoms with E-state index in [4.69, 9.17) is 4.74 Å². The van der Waals surface area contributed by atoms with Gasteiger partial charge in [0.05, 0.1) is 10.5 Å². The van der Waals surface area contributed by atoms with Crippen molar-refractivity contribution >= 4 is 17.2 Å². The topological polar surface area (TPSA) is 38.3 Å². The highest BCUT2D eigenvalue weighted by molar-refractivity contribution is 7.12. The van der Waals surface area contributed by atoms with Crippen LogP contribution in [0.2, 0.25) is 0 Å². The van der Waals surface area contributed by atoms with Gasteiger partial charge < -0.3 is 10.1 Å². The summed E-state index contributed by atoms with van der Waals surface area (Å²) in [6.07, 6.45) is 1.78. The van der Waals surface area contributed by atoms with Crippen LogP contribution in [0.3, 0.4) is 0 Å². The molecule has 1 aliphatic heterocycles. The van der Waals surface area contributed by atoms with E-state index in [2.05, 4.69) is 19.2 Å². The number of thiophene rings is 1. The Kier molecular flexibility index (Phi) is 3.30. The minimum absolute atomic E-state index is 0.0395. The normalized spacial score (nSPS) is 24.0. The molecule has 1 N–H and O–H groups in total. The number of carbonyl (C=O) groups is 1. The van der Waals surface area contributed by atoms with Crippen LogP contribution in [0.1, 0.15) is 36.4 Å². The zero-order chi connectivity index (χ0) is 11.6. The highest BCUT2D eigenvalue weighted by atomic mass is 32.1. The zero-order valence-corrected chi connectivity index (χ0v) is 10.5. The van der Waals surface area contributed by atoms with E-state index in [-0.39, 0.29) is 17.6 Å². The predicted octanol–water partition coefficient (Wildman–Crippen LogP) is 2.44. The highest BCUT2D eigenvalue weighted by Crippen LogP contribution is 2.24. The summed E-state index contributed by atoms with van der Waals surface area (Å²) >= 11 is 1.48. The minimum atomic E-state index is -0.119. The van der Waals surface area contributed by atoms with Crippen LogP contribution in [0.25, 0.3) is 0 Å². The molecule has 16 heavy (non-hydrogen) atoms. The first-order chi connectivity index (χ1) is 7.57. The van der Waals surface area contributed by atoms with Crippen molar-refractivity contribution in [3.8, 4) is 0 Å². The second-order valence-corrected chi connectivity index (χ2v) is 5.70. The number of ether oxygens (including phenoxy) is 1. The quantitative estimate of drug-likeness (QED) is 0.861. The fraction of sp³-hybridized carbons (Fsp3) is 0.583. The number of nitrogens with one attached hydrogen (secondary N) is 1. The van der Waals surface area contributed by atoms with Crippen LogP contribution >= 0.6 is 11.3 Å². The van der Waals surface area contributed by atoms with Crippen molar-refractivity contribution in [2.45, 2.75) is 38.3 Å². The molecule has 4 heteroatoms. The Labute approximate surface area is 99.8 Å². The molecular weight excluding hydrogens is 222 g/mol. The average Bonchev–Trinajstić information content (AvgIpc) is 2.68. The third kappa shape index (κ3) is 2.83. The lowest BCUT2D eigenvalue weighted by Gasteiger charge is -2.35. The van der Waals surface area contributed by atoms with Gasteiger partial charge in [-0.15, -0.1) is 11.3 Å². The van der Waals surface area contributed by atoms with Crippen LogP contribution in [0.5, 0.6) is 0 Å². The molecule has 1 aromatic heterocycles. The Morgan fingerprint density at radius 2 is 2.44 bits per heavy atom. The molecule has 0 bridgehead atoms. The van der Waals surface area contributed by atoms with Gasteiger partial charge in [-0.2, -0.15) is 0 Å². The molecule has 1 aliphatic rings. The van der Waals surface area contributed by atoms with Crippen molar-refractivity contribution in [3.63, 3.8) is 0 Å². The van der Waals surface area contributed by atoms with Gasteiger partial charge in [0.15, 0.2) is 0 Å². The lowest BCUT2D eigenvalue weighted by atomic mass is 9.94. The van der Waals surface area contributed by atoms with E-state index < -0.39 is 0 Å². The Balaban J connectivity index is 1.92. The summed E-state index contributed by atoms with van der Waals surface area (Å²) in [5.74, 6) is 0.0395. The van der Waals surface area contributed by atoms with Gasteiger partial charge >= 0.3 is 0 Å². The molecule has 2 rings (SSSR count). The molecule has 1 fully saturated rings. The van der Waals surface area contributed by atoms with E-state index in [1.807, 2.05) is 17.5 Å². The molecule has 0 aliphatic carbocycles. The summed E-state index contributed by atoms with van der Waals surface area (Å²) in [4.78, 5) is 12.6. The molecule has 1 atom stereocenters. The van der Waals surface area contributed by atoms with Gasteiger partial charge in [-0.05, 0) is 38.1 Å². The first-order valence-electron chi connectivity index (χ1n) is 5.55. The number of rotatable bonds is 2. The van der Waals surface area contributed by atoms with E-state index in [0.29, 0.717) is 0 Å². The van der Waals surface area contributed by atoms with Crippen molar-refractivity contribution in [2.75, 3.05) is 6.61 Å². The Morgan fingerprint density at radius 3 is 3.06 bits per heavy atom. The van der Waals surface area contributed by atoms with Crippen molar-refractivity contribution < 1.29 is 9.53 Å². The van der Waals surface area contributed by atoms with E-state index in [9.17, 15) is 4.79 Å². The van der Waals surface area contributed by atoms with Crippen molar-refractivity contribution in [3.05, 3.63) is 22.4 Å². The van der Waals surface area contributed by atoms with Crippen LogP contribution in [-0.2, 0) is 4.74 Å². The van der Waals surface area contributed by atoms with Crippen LogP contribution in [0, 0.1) is 0 Å². The average molecular weight is 239 g/mol.